The smallest absolute Gasteiger partial charge is 0.316 e. The highest BCUT2D eigenvalue weighted by Gasteiger charge is 2.53. The topological polar surface area (TPSA) is 196 Å². The number of oxime groups is 1. The van der Waals surface area contributed by atoms with Crippen LogP contribution in [-0.4, -0.2) is 126 Å². The molecule has 5 heterocycles. The van der Waals surface area contributed by atoms with Crippen molar-refractivity contribution in [2.24, 2.45) is 39.7 Å². The summed E-state index contributed by atoms with van der Waals surface area (Å²) >= 11 is 0. The second kappa shape index (κ2) is 20.5. The molecular formula is C47H72N6O10. The van der Waals surface area contributed by atoms with Crippen molar-refractivity contribution >= 4 is 29.1 Å². The molecule has 3 aliphatic heterocycles. The fraction of sp³-hybridized carbons (Fsp3) is 0.723. The molecule has 2 bridgehead atoms. The Bertz CT molecular complexity index is 1930. The van der Waals surface area contributed by atoms with Gasteiger partial charge in [-0.05, 0) is 112 Å². The minimum absolute atomic E-state index is 0.0645. The molecular weight excluding hydrogens is 809 g/mol. The first kappa shape index (κ1) is 50.1. The summed E-state index contributed by atoms with van der Waals surface area (Å²) in [6.45, 7) is 21.9. The molecule has 5 rings (SSSR count). The number of pyridine rings is 1. The first-order chi connectivity index (χ1) is 29.5. The van der Waals surface area contributed by atoms with Gasteiger partial charge < -0.3 is 34.0 Å². The molecule has 63 heavy (non-hydrogen) atoms. The Kier molecular flexibility index (Phi) is 16.3. The van der Waals surface area contributed by atoms with Crippen LogP contribution in [0.15, 0.2) is 46.9 Å². The average molecular weight is 881 g/mol. The number of nitrogens with zero attached hydrogens (tertiary/aromatic N) is 6. The summed E-state index contributed by atoms with van der Waals surface area (Å²) < 4.78 is 28.1. The number of ketones is 1. The number of hydrogen-bond acceptors (Lipinski definition) is 14. The molecule has 0 aromatic carbocycles. The van der Waals surface area contributed by atoms with Crippen molar-refractivity contribution in [2.45, 2.75) is 175 Å². The van der Waals surface area contributed by atoms with E-state index in [0.717, 1.165) is 5.56 Å². The lowest BCUT2D eigenvalue weighted by Crippen LogP contribution is -2.62. The van der Waals surface area contributed by atoms with Gasteiger partial charge >= 0.3 is 5.97 Å². The van der Waals surface area contributed by atoms with Crippen molar-refractivity contribution in [3.05, 3.63) is 42.4 Å². The van der Waals surface area contributed by atoms with Gasteiger partial charge in [0.1, 0.15) is 30.3 Å². The number of fused-ring (bicyclic) bond motifs is 5. The minimum atomic E-state index is -1.64. The van der Waals surface area contributed by atoms with Gasteiger partial charge in [-0.3, -0.25) is 19.3 Å². The molecule has 2 N–H and O–H groups in total. The zero-order valence-electron chi connectivity index (χ0n) is 39.6. The summed E-state index contributed by atoms with van der Waals surface area (Å²) in [7, 11) is 1.96. The maximum atomic E-state index is 14.7. The van der Waals surface area contributed by atoms with Crippen molar-refractivity contribution in [1.29, 1.82) is 0 Å². The SMILES string of the molecule is CC[C@H]1OC(=O)[C@H](C)C(=O)[C@H](C)[C@@H](O[C@@H]2O[C@H](C)C[C@H](N(C)C(C)(C)C)[C@H]2O)[C@@]2(C)C[C@@H](C)C(=NC(C)=O)[C@H](C)[C@@H](CC/C(=N\OCc3ccc(-n4cccn4)nc3)CO2)[C@]1(C)O. The number of aliphatic imine (C=N–C) groups is 1. The fourth-order valence-corrected chi connectivity index (χ4v) is 9.74. The Hall–Kier alpha value is -3.93. The molecule has 0 aliphatic carbocycles. The zero-order chi connectivity index (χ0) is 46.6. The highest BCUT2D eigenvalue weighted by molar-refractivity contribution is 6.00. The highest BCUT2D eigenvalue weighted by Crippen LogP contribution is 2.42. The maximum absolute atomic E-state index is 14.7. The molecule has 3 aliphatic rings. The quantitative estimate of drug-likeness (QED) is 0.181. The van der Waals surface area contributed by atoms with Gasteiger partial charge in [0, 0.05) is 60.2 Å². The summed E-state index contributed by atoms with van der Waals surface area (Å²) in [4.78, 5) is 58.8. The van der Waals surface area contributed by atoms with Gasteiger partial charge in [-0.2, -0.15) is 5.10 Å². The number of amides is 1. The second-order valence-corrected chi connectivity index (χ2v) is 19.5. The number of carbonyl (C=O) groups excluding carboxylic acids is 3. The van der Waals surface area contributed by atoms with Crippen molar-refractivity contribution in [1.82, 2.24) is 19.7 Å². The average Bonchev–Trinajstić information content (AvgIpc) is 3.76. The summed E-state index contributed by atoms with van der Waals surface area (Å²) in [6, 6.07) is 5.18. The lowest BCUT2D eigenvalue weighted by molar-refractivity contribution is -0.299. The largest absolute Gasteiger partial charge is 0.459 e. The predicted molar refractivity (Wildman–Crippen MR) is 237 cm³/mol. The number of aromatic nitrogens is 3. The molecule has 2 aromatic rings. The number of likely N-dealkylation sites (N-methyl/N-ethyl adjacent to an activating group) is 1. The third kappa shape index (κ3) is 11.7. The fourth-order valence-electron chi connectivity index (χ4n) is 9.74. The third-order valence-corrected chi connectivity index (χ3v) is 13.6. The van der Waals surface area contributed by atoms with E-state index < -0.39 is 83.1 Å². The summed E-state index contributed by atoms with van der Waals surface area (Å²) in [6.07, 6.45) is 1.99. The van der Waals surface area contributed by atoms with E-state index in [9.17, 15) is 24.6 Å². The minimum Gasteiger partial charge on any atom is -0.459 e. The first-order valence-corrected chi connectivity index (χ1v) is 22.5. The highest BCUT2D eigenvalue weighted by atomic mass is 16.7. The van der Waals surface area contributed by atoms with Gasteiger partial charge in [-0.25, -0.2) is 14.7 Å². The van der Waals surface area contributed by atoms with E-state index in [-0.39, 0.29) is 50.2 Å². The van der Waals surface area contributed by atoms with Crippen LogP contribution in [0.5, 0.6) is 0 Å². The molecule has 2 aromatic heterocycles. The Balaban J connectivity index is 1.64. The zero-order valence-corrected chi connectivity index (χ0v) is 39.6. The molecule has 3 fully saturated rings. The molecule has 0 spiro atoms. The van der Waals surface area contributed by atoms with Gasteiger partial charge in [-0.15, -0.1) is 0 Å². The number of aliphatic hydroxyl groups excluding tert-OH is 1. The van der Waals surface area contributed by atoms with Crippen LogP contribution in [0.25, 0.3) is 5.82 Å². The van der Waals surface area contributed by atoms with Crippen molar-refractivity contribution < 1.29 is 48.4 Å². The van der Waals surface area contributed by atoms with Gasteiger partial charge in [-0.1, -0.05) is 38.9 Å². The number of ether oxygens (including phenoxy) is 4. The number of Topliss-reactive ketones (excluding diaryl/α,β-unsaturated/α-hetero) is 1. The molecule has 16 nitrogen and oxygen atoms in total. The van der Waals surface area contributed by atoms with Crippen LogP contribution in [0, 0.1) is 29.6 Å². The van der Waals surface area contributed by atoms with E-state index in [0.29, 0.717) is 30.1 Å². The van der Waals surface area contributed by atoms with E-state index in [2.05, 4.69) is 45.9 Å². The van der Waals surface area contributed by atoms with Gasteiger partial charge in [0.05, 0.1) is 30.1 Å². The van der Waals surface area contributed by atoms with Crippen LogP contribution >= 0.6 is 0 Å². The number of esters is 1. The molecule has 0 saturated carbocycles. The maximum Gasteiger partial charge on any atom is 0.316 e. The van der Waals surface area contributed by atoms with Crippen LogP contribution < -0.4 is 0 Å². The molecule has 0 radical (unpaired) electrons. The monoisotopic (exact) mass is 881 g/mol. The first-order valence-electron chi connectivity index (χ1n) is 22.5. The van der Waals surface area contributed by atoms with Gasteiger partial charge in [0.15, 0.2) is 17.9 Å². The summed E-state index contributed by atoms with van der Waals surface area (Å²) in [5.74, 6) is -4.83. The van der Waals surface area contributed by atoms with Gasteiger partial charge in [0.2, 0.25) is 5.91 Å². The number of cyclic esters (lactones) is 1. The number of aliphatic hydroxyl groups is 2. The summed E-state index contributed by atoms with van der Waals surface area (Å²) in [5.41, 5.74) is -1.49. The lowest BCUT2D eigenvalue weighted by Gasteiger charge is -2.49. The molecule has 1 amide bonds. The van der Waals surface area contributed by atoms with Crippen LogP contribution in [0.3, 0.4) is 0 Å². The van der Waals surface area contributed by atoms with E-state index >= 15 is 0 Å². The van der Waals surface area contributed by atoms with E-state index in [1.807, 2.05) is 59.9 Å². The second-order valence-electron chi connectivity index (χ2n) is 19.5. The Morgan fingerprint density at radius 1 is 1.11 bits per heavy atom. The Labute approximate surface area is 373 Å². The standard InChI is InChI=1S/C47H72N6O10/c1-14-37-47(12,58)35-18-17-34(51-60-25-33-16-19-38(48-24-33)53-21-15-20-49-53)26-59-46(11,23-27(2)39(29(35)4)50-32(7)54)42(30(5)40(55)31(6)43(57)62-37)63-44-41(56)36(22-28(3)61-44)52(13)45(8,9)10/h15-16,19-21,24,27-31,35-37,41-42,44,56,58H,14,17-18,22-23,25-26H2,1-13H3/b50-39?,51-34+/t27-,28-,29-,30+,31-,35-,36+,37-,41-,42-,44+,46-,47+/m1/s1. The Morgan fingerprint density at radius 2 is 1.83 bits per heavy atom. The van der Waals surface area contributed by atoms with Crippen LogP contribution in [0.1, 0.15) is 121 Å². The molecule has 350 valence electrons. The molecule has 16 heteroatoms. The van der Waals surface area contributed by atoms with E-state index in [1.54, 1.807) is 37.1 Å². The molecule has 3 saturated heterocycles. The third-order valence-electron chi connectivity index (χ3n) is 13.6. The van der Waals surface area contributed by atoms with Crippen LogP contribution in [0.2, 0.25) is 0 Å². The van der Waals surface area contributed by atoms with Gasteiger partial charge in [0.25, 0.3) is 0 Å². The predicted octanol–water partition coefficient (Wildman–Crippen LogP) is 5.88. The van der Waals surface area contributed by atoms with Crippen molar-refractivity contribution in [3.8, 4) is 5.82 Å². The normalized spacial score (nSPS) is 36.7. The number of rotatable bonds is 8. The van der Waals surface area contributed by atoms with Crippen LogP contribution in [-0.2, 0) is 44.8 Å². The molecule has 0 unspecified atom stereocenters. The van der Waals surface area contributed by atoms with E-state index in [4.69, 9.17) is 23.8 Å². The van der Waals surface area contributed by atoms with Crippen molar-refractivity contribution in [2.75, 3.05) is 13.7 Å². The molecule has 13 atom stereocenters. The Morgan fingerprint density at radius 3 is 2.43 bits per heavy atom. The summed E-state index contributed by atoms with van der Waals surface area (Å²) in [5, 5.41) is 33.5. The number of carbonyl (C=O) groups is 3. The lowest BCUT2D eigenvalue weighted by atomic mass is 9.68. The van der Waals surface area contributed by atoms with Crippen molar-refractivity contribution in [3.63, 3.8) is 0 Å². The van der Waals surface area contributed by atoms with E-state index in [1.165, 1.54) is 13.8 Å². The van der Waals surface area contributed by atoms with Crippen LogP contribution in [0.4, 0.5) is 0 Å². The number of hydrogen-bond donors (Lipinski definition) is 2.